The highest BCUT2D eigenvalue weighted by Gasteiger charge is 2.34. The summed E-state index contributed by atoms with van der Waals surface area (Å²) in [4.78, 5) is 15.3. The van der Waals surface area contributed by atoms with Gasteiger partial charge in [-0.1, -0.05) is 35.5 Å². The number of amides is 1. The van der Waals surface area contributed by atoms with Gasteiger partial charge in [0.25, 0.3) is 0 Å². The average Bonchev–Trinajstić information content (AvgIpc) is 3.35. The van der Waals surface area contributed by atoms with Crippen LogP contribution in [-0.2, 0) is 21.2 Å². The van der Waals surface area contributed by atoms with Crippen LogP contribution in [0.1, 0.15) is 29.5 Å². The fourth-order valence-corrected chi connectivity index (χ4v) is 5.74. The number of rotatable bonds is 6. The first kappa shape index (κ1) is 22.1. The molecule has 0 radical (unpaired) electrons. The normalized spacial score (nSPS) is 16.6. The summed E-state index contributed by atoms with van der Waals surface area (Å²) in [5.41, 5.74) is 1.32. The predicted molar refractivity (Wildman–Crippen MR) is 113 cm³/mol. The fourth-order valence-electron chi connectivity index (χ4n) is 3.98. The Hall–Kier alpha value is -3.12. The van der Waals surface area contributed by atoms with Gasteiger partial charge in [0.05, 0.1) is 0 Å². The van der Waals surface area contributed by atoms with Gasteiger partial charge < -0.3 is 9.42 Å². The van der Waals surface area contributed by atoms with Crippen molar-refractivity contribution in [2.75, 3.05) is 26.2 Å². The molecule has 1 aliphatic rings. The summed E-state index contributed by atoms with van der Waals surface area (Å²) in [5.74, 6) is 0.124. The number of aromatic nitrogens is 5. The number of sulfonamides is 1. The molecular formula is C20H25N7O4S. The lowest BCUT2D eigenvalue weighted by atomic mass is 10.0. The molecule has 1 saturated heterocycles. The summed E-state index contributed by atoms with van der Waals surface area (Å²) in [5, 5.41) is 15.1. The molecule has 1 amide bonds. The van der Waals surface area contributed by atoms with Crippen LogP contribution < -0.4 is 0 Å². The Morgan fingerprint density at radius 1 is 1.12 bits per heavy atom. The van der Waals surface area contributed by atoms with Gasteiger partial charge in [-0.2, -0.15) is 4.31 Å². The van der Waals surface area contributed by atoms with Crippen molar-refractivity contribution in [3.63, 3.8) is 0 Å². The number of benzene rings is 1. The van der Waals surface area contributed by atoms with E-state index in [0.717, 1.165) is 5.56 Å². The highest BCUT2D eigenvalue weighted by Crippen LogP contribution is 2.25. The van der Waals surface area contributed by atoms with E-state index in [-0.39, 0.29) is 29.7 Å². The topological polar surface area (TPSA) is 127 Å². The van der Waals surface area contributed by atoms with E-state index in [9.17, 15) is 13.2 Å². The molecule has 0 saturated carbocycles. The van der Waals surface area contributed by atoms with Crippen LogP contribution in [0, 0.1) is 13.8 Å². The molecule has 32 heavy (non-hydrogen) atoms. The molecule has 1 atom stereocenters. The molecule has 170 valence electrons. The summed E-state index contributed by atoms with van der Waals surface area (Å²) in [6.45, 7) is 4.41. The number of nitrogens with zero attached hydrogens (tertiary/aromatic N) is 7. The molecule has 0 N–H and O–H groups in total. The van der Waals surface area contributed by atoms with E-state index in [1.807, 2.05) is 30.3 Å². The maximum absolute atomic E-state index is 13.5. The third-order valence-corrected chi connectivity index (χ3v) is 7.72. The minimum atomic E-state index is -3.76. The molecule has 1 fully saturated rings. The lowest BCUT2D eigenvalue weighted by molar-refractivity contribution is -0.135. The minimum absolute atomic E-state index is 0.105. The van der Waals surface area contributed by atoms with Gasteiger partial charge in [-0.25, -0.2) is 13.1 Å². The van der Waals surface area contributed by atoms with Gasteiger partial charge in [-0.15, -0.1) is 5.10 Å². The number of tetrazole rings is 1. The van der Waals surface area contributed by atoms with Gasteiger partial charge in [0, 0.05) is 32.6 Å². The first-order valence-electron chi connectivity index (χ1n) is 10.4. The van der Waals surface area contributed by atoms with E-state index in [1.165, 1.54) is 15.3 Å². The average molecular weight is 460 g/mol. The zero-order valence-corrected chi connectivity index (χ0v) is 18.8. The van der Waals surface area contributed by atoms with E-state index in [2.05, 4.69) is 20.7 Å². The van der Waals surface area contributed by atoms with Crippen molar-refractivity contribution in [3.05, 3.63) is 53.7 Å². The van der Waals surface area contributed by atoms with Crippen molar-refractivity contribution in [3.8, 4) is 0 Å². The maximum Gasteiger partial charge on any atom is 0.248 e. The highest BCUT2D eigenvalue weighted by molar-refractivity contribution is 7.89. The van der Waals surface area contributed by atoms with Gasteiger partial charge in [0.2, 0.25) is 15.9 Å². The van der Waals surface area contributed by atoms with Crippen molar-refractivity contribution in [1.82, 2.24) is 34.6 Å². The van der Waals surface area contributed by atoms with Crippen LogP contribution in [0.25, 0.3) is 0 Å². The molecule has 0 bridgehead atoms. The molecule has 0 spiro atoms. The summed E-state index contributed by atoms with van der Waals surface area (Å²) in [6.07, 6.45) is 2.38. The number of carbonyl (C=O) groups excluding carboxylic acids is 1. The molecule has 3 aromatic rings. The van der Waals surface area contributed by atoms with Crippen molar-refractivity contribution in [1.29, 1.82) is 0 Å². The van der Waals surface area contributed by atoms with Crippen molar-refractivity contribution < 1.29 is 17.7 Å². The second kappa shape index (κ2) is 9.17. The van der Waals surface area contributed by atoms with E-state index < -0.39 is 16.1 Å². The van der Waals surface area contributed by atoms with Crippen molar-refractivity contribution in [2.45, 2.75) is 37.6 Å². The van der Waals surface area contributed by atoms with Crippen LogP contribution in [0.4, 0.5) is 0 Å². The van der Waals surface area contributed by atoms with Gasteiger partial charge >= 0.3 is 0 Å². The third-order valence-electron chi connectivity index (χ3n) is 5.57. The van der Waals surface area contributed by atoms with Crippen LogP contribution in [-0.4, -0.2) is 75.1 Å². The molecule has 1 aliphatic heterocycles. The zero-order valence-electron chi connectivity index (χ0n) is 18.0. The molecule has 3 heterocycles. The predicted octanol–water partition coefficient (Wildman–Crippen LogP) is 0.985. The third kappa shape index (κ3) is 4.41. The molecule has 12 heteroatoms. The smallest absolute Gasteiger partial charge is 0.248 e. The van der Waals surface area contributed by atoms with E-state index in [1.54, 1.807) is 18.7 Å². The zero-order chi connectivity index (χ0) is 22.7. The first-order chi connectivity index (χ1) is 15.4. The lowest BCUT2D eigenvalue weighted by Gasteiger charge is -2.26. The van der Waals surface area contributed by atoms with Crippen LogP contribution in [0.15, 0.2) is 46.1 Å². The summed E-state index contributed by atoms with van der Waals surface area (Å²) in [6, 6.07) is 9.04. The number of hydrogen-bond acceptors (Lipinski definition) is 8. The Balaban J connectivity index is 1.52. The van der Waals surface area contributed by atoms with Crippen LogP contribution in [0.3, 0.4) is 0 Å². The Morgan fingerprint density at radius 2 is 1.91 bits per heavy atom. The second-order valence-electron chi connectivity index (χ2n) is 7.73. The Labute approximate surface area is 186 Å². The molecule has 1 aromatic carbocycles. The SMILES string of the molecule is Cc1noc(C)c1S(=O)(=O)N1CCCN(C(=O)C(Cc2ccccc2)n2cnnn2)CC1. The molecule has 2 aromatic heterocycles. The summed E-state index contributed by atoms with van der Waals surface area (Å²) in [7, 11) is -3.76. The van der Waals surface area contributed by atoms with Gasteiger partial charge in [0.1, 0.15) is 23.0 Å². The second-order valence-corrected chi connectivity index (χ2v) is 9.61. The molecule has 4 rings (SSSR count). The fraction of sp³-hybridized carbons (Fsp3) is 0.450. The van der Waals surface area contributed by atoms with Gasteiger partial charge in [0.15, 0.2) is 5.76 Å². The molecule has 1 unspecified atom stereocenters. The largest absolute Gasteiger partial charge is 0.360 e. The van der Waals surface area contributed by atoms with Gasteiger partial charge in [-0.3, -0.25) is 4.79 Å². The van der Waals surface area contributed by atoms with Crippen LogP contribution in [0.5, 0.6) is 0 Å². The molecular weight excluding hydrogens is 434 g/mol. The van der Waals surface area contributed by atoms with E-state index in [0.29, 0.717) is 31.6 Å². The molecule has 11 nitrogen and oxygen atoms in total. The maximum atomic E-state index is 13.5. The Bertz CT molecular complexity index is 1140. The number of carbonyl (C=O) groups is 1. The standard InChI is InChI=1S/C20H25N7O4S/c1-15-19(16(2)31-22-15)32(29,30)26-10-6-9-25(11-12-26)20(28)18(27-14-21-23-24-27)13-17-7-4-3-5-8-17/h3-5,7-8,14,18H,6,9-13H2,1-2H3. The Kier molecular flexibility index (Phi) is 6.33. The first-order valence-corrected chi connectivity index (χ1v) is 11.8. The van der Waals surface area contributed by atoms with E-state index in [4.69, 9.17) is 4.52 Å². The summed E-state index contributed by atoms with van der Waals surface area (Å²) >= 11 is 0. The number of hydrogen-bond donors (Lipinski definition) is 0. The van der Waals surface area contributed by atoms with Gasteiger partial charge in [-0.05, 0) is 36.3 Å². The summed E-state index contributed by atoms with van der Waals surface area (Å²) < 4.78 is 34.3. The van der Waals surface area contributed by atoms with Crippen molar-refractivity contribution >= 4 is 15.9 Å². The van der Waals surface area contributed by atoms with E-state index >= 15 is 0 Å². The minimum Gasteiger partial charge on any atom is -0.360 e. The lowest BCUT2D eigenvalue weighted by Crippen LogP contribution is -2.41. The number of aryl methyl sites for hydroxylation is 2. The van der Waals surface area contributed by atoms with Crippen LogP contribution >= 0.6 is 0 Å². The van der Waals surface area contributed by atoms with Crippen LogP contribution in [0.2, 0.25) is 0 Å². The quantitative estimate of drug-likeness (QED) is 0.534. The monoisotopic (exact) mass is 459 g/mol. The van der Waals surface area contributed by atoms with Crippen molar-refractivity contribution in [2.24, 2.45) is 0 Å². The highest BCUT2D eigenvalue weighted by atomic mass is 32.2. The molecule has 0 aliphatic carbocycles. The Morgan fingerprint density at radius 3 is 2.56 bits per heavy atom.